The second kappa shape index (κ2) is 3.16. The van der Waals surface area contributed by atoms with Crippen LogP contribution >= 0.6 is 22.9 Å². The van der Waals surface area contributed by atoms with E-state index in [-0.39, 0.29) is 0 Å². The lowest BCUT2D eigenvalue weighted by atomic mass is 10.2. The number of nitrogens with one attached hydrogen (secondary N) is 1. The molecule has 2 nitrogen and oxygen atoms in total. The zero-order valence-electron chi connectivity index (χ0n) is 5.89. The van der Waals surface area contributed by atoms with Gasteiger partial charge in [-0.05, 0) is 13.8 Å². The Kier molecular flexibility index (Phi) is 2.73. The van der Waals surface area contributed by atoms with Gasteiger partial charge in [-0.1, -0.05) is 0 Å². The maximum absolute atomic E-state index is 3.37. The highest BCUT2D eigenvalue weighted by atomic mass is 127. The molecule has 1 aliphatic rings. The molecule has 1 N–H and O–H groups in total. The summed E-state index contributed by atoms with van der Waals surface area (Å²) in [5.41, 5.74) is 0. The van der Waals surface area contributed by atoms with Crippen molar-refractivity contribution in [2.45, 2.75) is 25.9 Å². The molecular weight excluding hydrogens is 227 g/mol. The van der Waals surface area contributed by atoms with E-state index in [2.05, 4.69) is 45.1 Å². The molecule has 0 aromatic carbocycles. The number of hydrogen-bond donors (Lipinski definition) is 1. The predicted octanol–water partition coefficient (Wildman–Crippen LogP) is 1.02. The van der Waals surface area contributed by atoms with Gasteiger partial charge in [0.2, 0.25) is 0 Å². The van der Waals surface area contributed by atoms with E-state index in [4.69, 9.17) is 0 Å². The molecule has 54 valence electrons. The van der Waals surface area contributed by atoms with Crippen LogP contribution in [0, 0.1) is 0 Å². The van der Waals surface area contributed by atoms with Gasteiger partial charge in [0.05, 0.1) is 0 Å². The fourth-order valence-corrected chi connectivity index (χ4v) is 1.50. The molecule has 0 aromatic heterocycles. The largest absolute Gasteiger partial charge is 0.314 e. The average Bonchev–Trinajstić information content (AvgIpc) is 1.83. The molecule has 1 heterocycles. The van der Waals surface area contributed by atoms with E-state index in [9.17, 15) is 0 Å². The van der Waals surface area contributed by atoms with Crippen molar-refractivity contribution >= 4 is 22.9 Å². The Balaban J connectivity index is 2.41. The molecule has 2 atom stereocenters. The van der Waals surface area contributed by atoms with Crippen LogP contribution in [0.1, 0.15) is 13.8 Å². The predicted molar refractivity (Wildman–Crippen MR) is 47.7 cm³/mol. The third kappa shape index (κ3) is 1.78. The number of nitrogens with zero attached hydrogens (tertiary/aromatic N) is 1. The highest BCUT2D eigenvalue weighted by Crippen LogP contribution is 2.13. The Bertz CT molecular complexity index is 87.1. The van der Waals surface area contributed by atoms with Gasteiger partial charge in [0.15, 0.2) is 0 Å². The summed E-state index contributed by atoms with van der Waals surface area (Å²) in [5, 5.41) is 3.37. The van der Waals surface area contributed by atoms with E-state index >= 15 is 0 Å². The van der Waals surface area contributed by atoms with Crippen LogP contribution in [-0.2, 0) is 0 Å². The molecule has 0 bridgehead atoms. The zero-order chi connectivity index (χ0) is 6.85. The van der Waals surface area contributed by atoms with Crippen LogP contribution in [0.3, 0.4) is 0 Å². The van der Waals surface area contributed by atoms with Gasteiger partial charge >= 0.3 is 0 Å². The van der Waals surface area contributed by atoms with Crippen LogP contribution in [0.25, 0.3) is 0 Å². The third-order valence-corrected chi connectivity index (χ3v) is 3.62. The van der Waals surface area contributed by atoms with Crippen molar-refractivity contribution in [3.8, 4) is 0 Å². The van der Waals surface area contributed by atoms with Gasteiger partial charge in [0.1, 0.15) is 0 Å². The van der Waals surface area contributed by atoms with Gasteiger partial charge in [0.25, 0.3) is 0 Å². The molecule has 0 saturated carbocycles. The van der Waals surface area contributed by atoms with E-state index in [1.165, 1.54) is 0 Å². The van der Waals surface area contributed by atoms with Gasteiger partial charge in [-0.15, -0.1) is 0 Å². The Hall–Kier alpha value is 0.650. The summed E-state index contributed by atoms with van der Waals surface area (Å²) in [5.74, 6) is 0. The van der Waals surface area contributed by atoms with E-state index < -0.39 is 0 Å². The molecule has 1 fully saturated rings. The lowest BCUT2D eigenvalue weighted by Crippen LogP contribution is -2.50. The Morgan fingerprint density at radius 3 is 2.11 bits per heavy atom. The minimum absolute atomic E-state index is 0.689. The minimum atomic E-state index is 0.689. The lowest BCUT2D eigenvalue weighted by molar-refractivity contribution is 0.264. The quantitative estimate of drug-likeness (QED) is 0.502. The lowest BCUT2D eigenvalue weighted by Gasteiger charge is -2.34. The fraction of sp³-hybridized carbons (Fsp3) is 1.00. The number of rotatable bonds is 0. The Morgan fingerprint density at radius 2 is 1.78 bits per heavy atom. The highest BCUT2D eigenvalue weighted by Gasteiger charge is 2.21. The van der Waals surface area contributed by atoms with Crippen molar-refractivity contribution < 1.29 is 0 Å². The topological polar surface area (TPSA) is 15.3 Å². The second-order valence-electron chi connectivity index (χ2n) is 2.70. The second-order valence-corrected chi connectivity index (χ2v) is 3.81. The summed E-state index contributed by atoms with van der Waals surface area (Å²) < 4.78 is 2.38. The van der Waals surface area contributed by atoms with Crippen LogP contribution in [0.2, 0.25) is 0 Å². The van der Waals surface area contributed by atoms with Crippen LogP contribution < -0.4 is 5.32 Å². The Labute approximate surface area is 70.5 Å². The molecule has 9 heavy (non-hydrogen) atoms. The van der Waals surface area contributed by atoms with Crippen LogP contribution in [0.5, 0.6) is 0 Å². The first kappa shape index (κ1) is 7.75. The summed E-state index contributed by atoms with van der Waals surface area (Å²) in [6.45, 7) is 6.75. The van der Waals surface area contributed by atoms with E-state index in [1.807, 2.05) is 0 Å². The number of piperazine rings is 1. The first-order valence-electron chi connectivity index (χ1n) is 3.36. The van der Waals surface area contributed by atoms with Gasteiger partial charge in [-0.25, -0.2) is 3.11 Å². The molecular formula is C6H13IN2. The van der Waals surface area contributed by atoms with Gasteiger partial charge in [0, 0.05) is 48.0 Å². The van der Waals surface area contributed by atoms with Gasteiger partial charge in [-0.2, -0.15) is 0 Å². The summed E-state index contributed by atoms with van der Waals surface area (Å²) in [6, 6.07) is 1.38. The van der Waals surface area contributed by atoms with E-state index in [0.29, 0.717) is 12.1 Å². The maximum Gasteiger partial charge on any atom is 0.0294 e. The molecule has 3 heteroatoms. The molecule has 0 amide bonds. The van der Waals surface area contributed by atoms with E-state index in [1.54, 1.807) is 0 Å². The normalized spacial score (nSPS) is 39.0. The van der Waals surface area contributed by atoms with Crippen molar-refractivity contribution in [2.24, 2.45) is 0 Å². The standard InChI is InChI=1S/C6H13IN2/c1-5-3-8-4-6(2)9(5)7/h5-6,8H,3-4H2,1-2H3/t5-,6+. The molecule has 1 saturated heterocycles. The molecule has 0 aliphatic carbocycles. The zero-order valence-corrected chi connectivity index (χ0v) is 8.05. The molecule has 1 rings (SSSR count). The van der Waals surface area contributed by atoms with E-state index in [0.717, 1.165) is 13.1 Å². The Morgan fingerprint density at radius 1 is 1.33 bits per heavy atom. The van der Waals surface area contributed by atoms with Gasteiger partial charge < -0.3 is 5.32 Å². The van der Waals surface area contributed by atoms with Crippen LogP contribution in [0.15, 0.2) is 0 Å². The van der Waals surface area contributed by atoms with Gasteiger partial charge in [-0.3, -0.25) is 0 Å². The van der Waals surface area contributed by atoms with Crippen molar-refractivity contribution in [1.82, 2.24) is 8.43 Å². The van der Waals surface area contributed by atoms with Crippen molar-refractivity contribution in [1.29, 1.82) is 0 Å². The minimum Gasteiger partial charge on any atom is -0.314 e. The number of hydrogen-bond acceptors (Lipinski definition) is 2. The highest BCUT2D eigenvalue weighted by molar-refractivity contribution is 14.1. The summed E-state index contributed by atoms with van der Waals surface area (Å²) >= 11 is 2.40. The fourth-order valence-electron chi connectivity index (χ4n) is 1.11. The molecule has 0 aromatic rings. The van der Waals surface area contributed by atoms with Crippen molar-refractivity contribution in [2.75, 3.05) is 13.1 Å². The molecule has 0 radical (unpaired) electrons. The monoisotopic (exact) mass is 240 g/mol. The first-order chi connectivity index (χ1) is 4.22. The third-order valence-electron chi connectivity index (χ3n) is 1.72. The summed E-state index contributed by atoms with van der Waals surface area (Å²) in [7, 11) is 0. The molecule has 0 unspecified atom stereocenters. The first-order valence-corrected chi connectivity index (χ1v) is 4.33. The average molecular weight is 240 g/mol. The molecule has 1 aliphatic heterocycles. The summed E-state index contributed by atoms with van der Waals surface area (Å²) in [4.78, 5) is 0. The SMILES string of the molecule is C[C@@H]1CNC[C@H](C)N1I. The smallest absolute Gasteiger partial charge is 0.0294 e. The van der Waals surface area contributed by atoms with Crippen LogP contribution in [-0.4, -0.2) is 28.3 Å². The van der Waals surface area contributed by atoms with Crippen molar-refractivity contribution in [3.05, 3.63) is 0 Å². The van der Waals surface area contributed by atoms with Crippen molar-refractivity contribution in [3.63, 3.8) is 0 Å². The summed E-state index contributed by atoms with van der Waals surface area (Å²) in [6.07, 6.45) is 0. The number of halogens is 1. The molecule has 0 spiro atoms. The maximum atomic E-state index is 3.37. The van der Waals surface area contributed by atoms with Crippen LogP contribution in [0.4, 0.5) is 0 Å².